The zero-order valence-electron chi connectivity index (χ0n) is 7.62. The van der Waals surface area contributed by atoms with E-state index in [1.807, 2.05) is 0 Å². The van der Waals surface area contributed by atoms with Gasteiger partial charge in [0.1, 0.15) is 5.78 Å². The molecule has 3 heteroatoms. The number of Topliss-reactive ketones (excluding diaryl/α,β-unsaturated/α-hetero) is 1. The Morgan fingerprint density at radius 2 is 2.25 bits per heavy atom. The molecule has 3 nitrogen and oxygen atoms in total. The zero-order valence-corrected chi connectivity index (χ0v) is 7.62. The monoisotopic (exact) mass is 171 g/mol. The van der Waals surface area contributed by atoms with Gasteiger partial charge in [-0.15, -0.1) is 0 Å². The van der Waals surface area contributed by atoms with E-state index in [4.69, 9.17) is 0 Å². The minimum absolute atomic E-state index is 0.151. The van der Waals surface area contributed by atoms with Gasteiger partial charge < -0.3 is 5.11 Å². The molecule has 0 radical (unpaired) electrons. The van der Waals surface area contributed by atoms with Crippen LogP contribution in [0.2, 0.25) is 0 Å². The van der Waals surface area contributed by atoms with Crippen LogP contribution in [-0.2, 0) is 4.79 Å². The van der Waals surface area contributed by atoms with Crippen molar-refractivity contribution in [3.05, 3.63) is 0 Å². The van der Waals surface area contributed by atoms with Gasteiger partial charge in [-0.2, -0.15) is 0 Å². The van der Waals surface area contributed by atoms with E-state index in [-0.39, 0.29) is 11.9 Å². The lowest BCUT2D eigenvalue weighted by Gasteiger charge is -2.17. The Hall–Kier alpha value is -0.410. The second-order valence-electron chi connectivity index (χ2n) is 3.56. The van der Waals surface area contributed by atoms with Crippen molar-refractivity contribution in [3.8, 4) is 0 Å². The first-order valence-electron chi connectivity index (χ1n) is 4.58. The molecule has 0 aromatic heterocycles. The predicted molar refractivity (Wildman–Crippen MR) is 47.0 cm³/mol. The number of likely N-dealkylation sites (tertiary alicyclic amines) is 1. The first kappa shape index (κ1) is 9.68. The highest BCUT2D eigenvalue weighted by Crippen LogP contribution is 2.09. The molecule has 0 spiro atoms. The van der Waals surface area contributed by atoms with Crippen LogP contribution in [0.1, 0.15) is 26.2 Å². The number of hydrogen-bond donors (Lipinski definition) is 1. The predicted octanol–water partition coefficient (Wildman–Crippen LogP) is 0.422. The second kappa shape index (κ2) is 4.58. The van der Waals surface area contributed by atoms with Gasteiger partial charge in [0.15, 0.2) is 0 Å². The van der Waals surface area contributed by atoms with Crippen LogP contribution in [0.15, 0.2) is 0 Å². The fraction of sp³-hybridized carbons (Fsp3) is 0.889. The SMILES string of the molecule is CC(=O)CN1CCCC(O)CC1. The van der Waals surface area contributed by atoms with Crippen molar-refractivity contribution in [2.75, 3.05) is 19.6 Å². The molecule has 0 aromatic rings. The summed E-state index contributed by atoms with van der Waals surface area (Å²) in [5.41, 5.74) is 0. The standard InChI is InChI=1S/C9H17NO2/c1-8(11)7-10-5-2-3-9(12)4-6-10/h9,12H,2-7H2,1H3. The van der Waals surface area contributed by atoms with E-state index in [0.29, 0.717) is 6.54 Å². The van der Waals surface area contributed by atoms with Crippen molar-refractivity contribution >= 4 is 5.78 Å². The highest BCUT2D eigenvalue weighted by atomic mass is 16.3. The lowest BCUT2D eigenvalue weighted by atomic mass is 10.2. The summed E-state index contributed by atoms with van der Waals surface area (Å²) in [4.78, 5) is 12.9. The fourth-order valence-electron chi connectivity index (χ4n) is 1.61. The molecule has 1 rings (SSSR count). The van der Waals surface area contributed by atoms with Crippen LogP contribution < -0.4 is 0 Å². The number of nitrogens with zero attached hydrogens (tertiary/aromatic N) is 1. The molecule has 0 saturated carbocycles. The van der Waals surface area contributed by atoms with Gasteiger partial charge in [0, 0.05) is 6.54 Å². The largest absolute Gasteiger partial charge is 0.393 e. The number of aliphatic hydroxyl groups is 1. The van der Waals surface area contributed by atoms with Crippen LogP contribution in [0, 0.1) is 0 Å². The molecule has 0 aromatic carbocycles. The quantitative estimate of drug-likeness (QED) is 0.654. The van der Waals surface area contributed by atoms with Crippen molar-refractivity contribution in [3.63, 3.8) is 0 Å². The number of aliphatic hydroxyl groups excluding tert-OH is 1. The smallest absolute Gasteiger partial charge is 0.143 e. The third-order valence-electron chi connectivity index (χ3n) is 2.24. The number of ketones is 1. The van der Waals surface area contributed by atoms with Crippen LogP contribution in [0.5, 0.6) is 0 Å². The average Bonchev–Trinajstić information content (AvgIpc) is 2.15. The summed E-state index contributed by atoms with van der Waals surface area (Å²) < 4.78 is 0. The Kier molecular flexibility index (Phi) is 3.69. The number of carbonyl (C=O) groups is 1. The molecule has 1 aliphatic heterocycles. The second-order valence-corrected chi connectivity index (χ2v) is 3.56. The van der Waals surface area contributed by atoms with Gasteiger partial charge >= 0.3 is 0 Å². The van der Waals surface area contributed by atoms with Crippen LogP contribution in [0.4, 0.5) is 0 Å². The molecular formula is C9H17NO2. The lowest BCUT2D eigenvalue weighted by molar-refractivity contribution is -0.118. The van der Waals surface area contributed by atoms with Crippen molar-refractivity contribution in [2.24, 2.45) is 0 Å². The summed E-state index contributed by atoms with van der Waals surface area (Å²) in [5, 5.41) is 9.33. The molecule has 0 amide bonds. The summed E-state index contributed by atoms with van der Waals surface area (Å²) >= 11 is 0. The summed E-state index contributed by atoms with van der Waals surface area (Å²) in [7, 11) is 0. The maximum atomic E-state index is 10.8. The van der Waals surface area contributed by atoms with E-state index < -0.39 is 0 Å². The van der Waals surface area contributed by atoms with Crippen LogP contribution in [0.25, 0.3) is 0 Å². The van der Waals surface area contributed by atoms with Crippen LogP contribution in [0.3, 0.4) is 0 Å². The van der Waals surface area contributed by atoms with Crippen molar-refractivity contribution in [2.45, 2.75) is 32.3 Å². The summed E-state index contributed by atoms with van der Waals surface area (Å²) in [6, 6.07) is 0. The van der Waals surface area contributed by atoms with Gasteiger partial charge in [-0.3, -0.25) is 9.69 Å². The molecule has 70 valence electrons. The Labute approximate surface area is 73.4 Å². The normalized spacial score (nSPS) is 26.7. The van der Waals surface area contributed by atoms with Crippen molar-refractivity contribution in [1.82, 2.24) is 4.90 Å². The minimum Gasteiger partial charge on any atom is -0.393 e. The van der Waals surface area contributed by atoms with Gasteiger partial charge in [0.05, 0.1) is 12.6 Å². The molecule has 0 bridgehead atoms. The van der Waals surface area contributed by atoms with Crippen LogP contribution in [-0.4, -0.2) is 41.5 Å². The average molecular weight is 171 g/mol. The summed E-state index contributed by atoms with van der Waals surface area (Å²) in [6.45, 7) is 3.98. The fourth-order valence-corrected chi connectivity index (χ4v) is 1.61. The van der Waals surface area contributed by atoms with Crippen LogP contribution >= 0.6 is 0 Å². The van der Waals surface area contributed by atoms with E-state index in [0.717, 1.165) is 32.4 Å². The lowest BCUT2D eigenvalue weighted by Crippen LogP contribution is -2.29. The topological polar surface area (TPSA) is 40.5 Å². The van der Waals surface area contributed by atoms with E-state index in [2.05, 4.69) is 4.90 Å². The first-order valence-corrected chi connectivity index (χ1v) is 4.58. The molecule has 1 atom stereocenters. The maximum Gasteiger partial charge on any atom is 0.143 e. The molecule has 1 N–H and O–H groups in total. The van der Waals surface area contributed by atoms with Gasteiger partial charge in [-0.05, 0) is 32.7 Å². The molecule has 1 heterocycles. The Balaban J connectivity index is 2.30. The Morgan fingerprint density at radius 3 is 2.92 bits per heavy atom. The minimum atomic E-state index is -0.151. The summed E-state index contributed by atoms with van der Waals surface area (Å²) in [6.07, 6.45) is 2.55. The summed E-state index contributed by atoms with van der Waals surface area (Å²) in [5.74, 6) is 0.214. The highest BCUT2D eigenvalue weighted by molar-refractivity contribution is 5.77. The Bertz CT molecular complexity index is 159. The van der Waals surface area contributed by atoms with Gasteiger partial charge in [-0.1, -0.05) is 0 Å². The van der Waals surface area contributed by atoms with E-state index in [1.165, 1.54) is 0 Å². The molecule has 1 fully saturated rings. The van der Waals surface area contributed by atoms with Gasteiger partial charge in [0.2, 0.25) is 0 Å². The van der Waals surface area contributed by atoms with Crippen molar-refractivity contribution < 1.29 is 9.90 Å². The molecule has 0 aliphatic carbocycles. The first-order chi connectivity index (χ1) is 5.68. The third-order valence-corrected chi connectivity index (χ3v) is 2.24. The maximum absolute atomic E-state index is 10.8. The van der Waals surface area contributed by atoms with E-state index >= 15 is 0 Å². The number of hydrogen-bond acceptors (Lipinski definition) is 3. The van der Waals surface area contributed by atoms with Gasteiger partial charge in [-0.25, -0.2) is 0 Å². The molecule has 12 heavy (non-hydrogen) atoms. The number of rotatable bonds is 2. The molecule has 1 aliphatic rings. The third kappa shape index (κ3) is 3.32. The Morgan fingerprint density at radius 1 is 1.50 bits per heavy atom. The molecular weight excluding hydrogens is 154 g/mol. The zero-order chi connectivity index (χ0) is 8.97. The number of carbonyl (C=O) groups excluding carboxylic acids is 1. The van der Waals surface area contributed by atoms with E-state index in [9.17, 15) is 9.90 Å². The molecule has 1 saturated heterocycles. The van der Waals surface area contributed by atoms with Gasteiger partial charge in [0.25, 0.3) is 0 Å². The van der Waals surface area contributed by atoms with E-state index in [1.54, 1.807) is 6.92 Å². The highest BCUT2D eigenvalue weighted by Gasteiger charge is 2.15. The molecule has 1 unspecified atom stereocenters. The van der Waals surface area contributed by atoms with Crippen molar-refractivity contribution in [1.29, 1.82) is 0 Å².